The van der Waals surface area contributed by atoms with Gasteiger partial charge in [0.2, 0.25) is 0 Å². The van der Waals surface area contributed by atoms with Gasteiger partial charge in [0.1, 0.15) is 0 Å². The summed E-state index contributed by atoms with van der Waals surface area (Å²) in [4.78, 5) is 0.118. The van der Waals surface area contributed by atoms with E-state index < -0.39 is 9.05 Å². The number of hydrogen-bond acceptors (Lipinski definition) is 2. The Bertz CT molecular complexity index is 444. The maximum absolute atomic E-state index is 11.1. The minimum atomic E-state index is -3.65. The lowest BCUT2D eigenvalue weighted by molar-refractivity contribution is 0.609. The van der Waals surface area contributed by atoms with Crippen molar-refractivity contribution in [3.05, 3.63) is 25.7 Å². The highest BCUT2D eigenvalue weighted by Gasteiger charge is 2.15. The standard InChI is InChI=1S/C7H5BrClIO2S/c1-4-2-7(13(9,11)12)5(8)3-6(4)10/h2-3H,1H3. The minimum absolute atomic E-state index is 0.118. The van der Waals surface area contributed by atoms with Crippen molar-refractivity contribution < 1.29 is 8.42 Å². The molecule has 0 N–H and O–H groups in total. The summed E-state index contributed by atoms with van der Waals surface area (Å²) in [5.41, 5.74) is 0.892. The first kappa shape index (κ1) is 11.7. The van der Waals surface area contributed by atoms with Crippen LogP contribution in [0, 0.1) is 10.5 Å². The summed E-state index contributed by atoms with van der Waals surface area (Å²) in [5.74, 6) is 0. The van der Waals surface area contributed by atoms with Gasteiger partial charge in [-0.1, -0.05) is 0 Å². The van der Waals surface area contributed by atoms with E-state index in [4.69, 9.17) is 10.7 Å². The predicted molar refractivity (Wildman–Crippen MR) is 64.6 cm³/mol. The average Bonchev–Trinajstić information content (AvgIpc) is 1.94. The van der Waals surface area contributed by atoms with Crippen LogP contribution >= 0.6 is 49.2 Å². The second-order valence-corrected chi connectivity index (χ2v) is 7.02. The number of halogens is 3. The maximum Gasteiger partial charge on any atom is 0.262 e. The topological polar surface area (TPSA) is 34.1 Å². The van der Waals surface area contributed by atoms with Crippen LogP contribution in [0.4, 0.5) is 0 Å². The molecule has 1 aromatic carbocycles. The van der Waals surface area contributed by atoms with Crippen molar-refractivity contribution in [3.8, 4) is 0 Å². The van der Waals surface area contributed by atoms with Gasteiger partial charge in [-0.25, -0.2) is 8.42 Å². The lowest BCUT2D eigenvalue weighted by Gasteiger charge is -2.03. The van der Waals surface area contributed by atoms with Crippen molar-refractivity contribution in [2.45, 2.75) is 11.8 Å². The molecule has 0 radical (unpaired) electrons. The van der Waals surface area contributed by atoms with Gasteiger partial charge in [-0.2, -0.15) is 0 Å². The minimum Gasteiger partial charge on any atom is -0.207 e. The Morgan fingerprint density at radius 3 is 2.46 bits per heavy atom. The predicted octanol–water partition coefficient (Wildman–Crippen LogP) is 3.29. The summed E-state index contributed by atoms with van der Waals surface area (Å²) >= 11 is 5.28. The summed E-state index contributed by atoms with van der Waals surface area (Å²) in [6.07, 6.45) is 0. The highest BCUT2D eigenvalue weighted by atomic mass is 127. The first-order valence-corrected chi connectivity index (χ1v) is 7.41. The van der Waals surface area contributed by atoms with Crippen LogP contribution in [0.5, 0.6) is 0 Å². The molecule has 0 aromatic heterocycles. The summed E-state index contributed by atoms with van der Waals surface area (Å²) in [6.45, 7) is 1.83. The number of aryl methyl sites for hydroxylation is 1. The number of rotatable bonds is 1. The molecule has 0 saturated carbocycles. The van der Waals surface area contributed by atoms with Crippen LogP contribution in [0.2, 0.25) is 0 Å². The first-order valence-electron chi connectivity index (χ1n) is 3.22. The van der Waals surface area contributed by atoms with E-state index in [9.17, 15) is 8.42 Å². The molecular formula is C7H5BrClIO2S. The smallest absolute Gasteiger partial charge is 0.207 e. The molecule has 1 rings (SSSR count). The molecule has 72 valence electrons. The zero-order chi connectivity index (χ0) is 10.2. The van der Waals surface area contributed by atoms with Gasteiger partial charge in [0.25, 0.3) is 9.05 Å². The van der Waals surface area contributed by atoms with Crippen molar-refractivity contribution in [1.82, 2.24) is 0 Å². The van der Waals surface area contributed by atoms with Crippen molar-refractivity contribution in [1.29, 1.82) is 0 Å². The Morgan fingerprint density at radius 1 is 1.46 bits per heavy atom. The molecule has 0 atom stereocenters. The van der Waals surface area contributed by atoms with Gasteiger partial charge in [0.05, 0.1) is 4.90 Å². The van der Waals surface area contributed by atoms with E-state index in [-0.39, 0.29) is 4.90 Å². The fourth-order valence-corrected chi connectivity index (χ4v) is 3.97. The fraction of sp³-hybridized carbons (Fsp3) is 0.143. The van der Waals surface area contributed by atoms with Crippen LogP contribution in [0.25, 0.3) is 0 Å². The third-order valence-electron chi connectivity index (χ3n) is 1.48. The van der Waals surface area contributed by atoms with Gasteiger partial charge in [-0.15, -0.1) is 0 Å². The summed E-state index contributed by atoms with van der Waals surface area (Å²) in [5, 5.41) is 0. The van der Waals surface area contributed by atoms with Crippen LogP contribution in [0.15, 0.2) is 21.5 Å². The molecule has 0 aliphatic rings. The number of benzene rings is 1. The highest BCUT2D eigenvalue weighted by Crippen LogP contribution is 2.28. The SMILES string of the molecule is Cc1cc(S(=O)(=O)Cl)c(Br)cc1I. The summed E-state index contributed by atoms with van der Waals surface area (Å²) < 4.78 is 23.6. The van der Waals surface area contributed by atoms with Crippen molar-refractivity contribution >= 4 is 58.3 Å². The lowest BCUT2D eigenvalue weighted by Crippen LogP contribution is -1.94. The molecule has 1 aromatic rings. The second-order valence-electron chi connectivity index (χ2n) is 2.47. The molecular weight excluding hydrogens is 390 g/mol. The normalized spacial score (nSPS) is 11.7. The zero-order valence-electron chi connectivity index (χ0n) is 6.51. The van der Waals surface area contributed by atoms with Gasteiger partial charge >= 0.3 is 0 Å². The molecule has 0 amide bonds. The van der Waals surface area contributed by atoms with Crippen LogP contribution in [0.3, 0.4) is 0 Å². The van der Waals surface area contributed by atoms with E-state index in [1.165, 1.54) is 0 Å². The molecule has 0 aliphatic heterocycles. The van der Waals surface area contributed by atoms with Crippen molar-refractivity contribution in [3.63, 3.8) is 0 Å². The molecule has 13 heavy (non-hydrogen) atoms. The molecule has 0 unspecified atom stereocenters. The Balaban J connectivity index is 3.50. The van der Waals surface area contributed by atoms with Gasteiger partial charge in [0.15, 0.2) is 0 Å². The molecule has 2 nitrogen and oxygen atoms in total. The quantitative estimate of drug-likeness (QED) is 0.540. The first-order chi connectivity index (χ1) is 5.82. The molecule has 0 heterocycles. The third-order valence-corrected chi connectivity index (χ3v) is 4.92. The fourth-order valence-electron chi connectivity index (χ4n) is 0.818. The van der Waals surface area contributed by atoms with E-state index in [0.717, 1.165) is 9.13 Å². The van der Waals surface area contributed by atoms with E-state index >= 15 is 0 Å². The van der Waals surface area contributed by atoms with E-state index in [1.807, 2.05) is 6.92 Å². The molecule has 0 bridgehead atoms. The third kappa shape index (κ3) is 2.81. The van der Waals surface area contributed by atoms with Gasteiger partial charge in [-0.05, 0) is 63.1 Å². The van der Waals surface area contributed by atoms with E-state index in [1.54, 1.807) is 12.1 Å². The summed E-state index contributed by atoms with van der Waals surface area (Å²) in [7, 11) is 1.58. The van der Waals surface area contributed by atoms with Crippen LogP contribution in [-0.2, 0) is 9.05 Å². The Labute approximate surface area is 103 Å². The maximum atomic E-state index is 11.1. The van der Waals surface area contributed by atoms with Gasteiger partial charge in [-0.3, -0.25) is 0 Å². The molecule has 0 spiro atoms. The largest absolute Gasteiger partial charge is 0.262 e. The Hall–Kier alpha value is 0.670. The molecule has 0 fully saturated rings. The Morgan fingerprint density at radius 2 is 2.00 bits per heavy atom. The summed E-state index contributed by atoms with van der Waals surface area (Å²) in [6, 6.07) is 3.28. The van der Waals surface area contributed by atoms with Crippen molar-refractivity contribution in [2.75, 3.05) is 0 Å². The molecule has 6 heteroatoms. The van der Waals surface area contributed by atoms with Crippen molar-refractivity contribution in [2.24, 2.45) is 0 Å². The Kier molecular flexibility index (Phi) is 3.65. The monoisotopic (exact) mass is 394 g/mol. The van der Waals surface area contributed by atoms with Gasteiger partial charge < -0.3 is 0 Å². The second kappa shape index (κ2) is 4.04. The highest BCUT2D eigenvalue weighted by molar-refractivity contribution is 14.1. The average molecular weight is 395 g/mol. The molecule has 0 aliphatic carbocycles. The lowest BCUT2D eigenvalue weighted by atomic mass is 10.2. The van der Waals surface area contributed by atoms with Crippen LogP contribution in [-0.4, -0.2) is 8.42 Å². The zero-order valence-corrected chi connectivity index (χ0v) is 11.8. The van der Waals surface area contributed by atoms with Crippen LogP contribution < -0.4 is 0 Å². The van der Waals surface area contributed by atoms with E-state index in [0.29, 0.717) is 4.47 Å². The molecule has 0 saturated heterocycles. The van der Waals surface area contributed by atoms with E-state index in [2.05, 4.69) is 38.5 Å². The van der Waals surface area contributed by atoms with Crippen LogP contribution in [0.1, 0.15) is 5.56 Å². The van der Waals surface area contributed by atoms with Gasteiger partial charge in [0, 0.05) is 18.7 Å². The number of hydrogen-bond donors (Lipinski definition) is 0.